The number of thioether (sulfide) groups is 1. The zero-order valence-electron chi connectivity index (χ0n) is 8.69. The minimum atomic E-state index is -0.539. The van der Waals surface area contributed by atoms with Gasteiger partial charge < -0.3 is 10.2 Å². The summed E-state index contributed by atoms with van der Waals surface area (Å²) in [7, 11) is 0. The number of halogens is 1. The van der Waals surface area contributed by atoms with E-state index in [1.54, 1.807) is 11.8 Å². The van der Waals surface area contributed by atoms with E-state index < -0.39 is 5.54 Å². The average molecular weight is 304 g/mol. The van der Waals surface area contributed by atoms with Crippen LogP contribution in [0.1, 0.15) is 10.9 Å². The van der Waals surface area contributed by atoms with Crippen LogP contribution in [0, 0.1) is 0 Å². The lowest BCUT2D eigenvalue weighted by Gasteiger charge is -2.24. The normalized spacial score (nSPS) is 23.6. The van der Waals surface area contributed by atoms with E-state index in [2.05, 4.69) is 21.2 Å². The third-order valence-electron chi connectivity index (χ3n) is 2.74. The average Bonchev–Trinajstić information content (AvgIpc) is 2.75. The highest BCUT2D eigenvalue weighted by molar-refractivity contribution is 9.10. The first kappa shape index (κ1) is 12.4. The monoisotopic (exact) mass is 303 g/mol. The highest BCUT2D eigenvalue weighted by Gasteiger charge is 2.38. The van der Waals surface area contributed by atoms with Gasteiger partial charge in [-0.15, -0.1) is 11.8 Å². The summed E-state index contributed by atoms with van der Waals surface area (Å²) in [6.45, 7) is -0.0763. The highest BCUT2D eigenvalue weighted by atomic mass is 79.9. The molecule has 0 radical (unpaired) electrons. The van der Waals surface area contributed by atoms with Crippen LogP contribution < -0.4 is 5.32 Å². The zero-order chi connectivity index (χ0) is 11.6. The second kappa shape index (κ2) is 5.06. The van der Waals surface area contributed by atoms with Crippen LogP contribution >= 0.6 is 27.7 Å². The fraction of sp³-hybridized carbons (Fsp3) is 0.455. The summed E-state index contributed by atoms with van der Waals surface area (Å²) in [6, 6.07) is 8.07. The second-order valence-corrected chi connectivity index (χ2v) is 5.99. The zero-order valence-corrected chi connectivity index (χ0v) is 11.1. The summed E-state index contributed by atoms with van der Waals surface area (Å²) < 4.78 is 1.05. The van der Waals surface area contributed by atoms with E-state index in [-0.39, 0.29) is 18.6 Å². The molecule has 88 valence electrons. The first-order chi connectivity index (χ1) is 7.69. The maximum Gasteiger partial charge on any atom is 0.0795 e. The molecule has 1 fully saturated rings. The molecule has 3 N–H and O–H groups in total. The van der Waals surface area contributed by atoms with Crippen molar-refractivity contribution in [1.29, 1.82) is 0 Å². The molecule has 0 amide bonds. The van der Waals surface area contributed by atoms with Crippen LogP contribution in [0.3, 0.4) is 0 Å². The van der Waals surface area contributed by atoms with Crippen molar-refractivity contribution < 1.29 is 10.2 Å². The SMILES string of the molecule is OCC1(CO)CS[C@@H](c2ccc(Br)cc2)N1. The van der Waals surface area contributed by atoms with E-state index in [1.165, 1.54) is 0 Å². The van der Waals surface area contributed by atoms with Gasteiger partial charge in [0.2, 0.25) is 0 Å². The van der Waals surface area contributed by atoms with Crippen LogP contribution in [0.15, 0.2) is 28.7 Å². The standard InChI is InChI=1S/C11H14BrNO2S/c12-9-3-1-8(2-4-9)10-13-11(5-14,6-15)7-16-10/h1-4,10,13-15H,5-7H2/t10-/m0/s1. The van der Waals surface area contributed by atoms with Crippen LogP contribution in [0.4, 0.5) is 0 Å². The first-order valence-corrected chi connectivity index (χ1v) is 6.90. The Hall–Kier alpha value is -0.0700. The van der Waals surface area contributed by atoms with E-state index in [1.807, 2.05) is 24.3 Å². The molecule has 16 heavy (non-hydrogen) atoms. The van der Waals surface area contributed by atoms with Crippen molar-refractivity contribution in [2.75, 3.05) is 19.0 Å². The van der Waals surface area contributed by atoms with Crippen LogP contribution in [0.5, 0.6) is 0 Å². The number of aliphatic hydroxyl groups is 2. The van der Waals surface area contributed by atoms with Gasteiger partial charge in [0.05, 0.1) is 24.1 Å². The van der Waals surface area contributed by atoms with Crippen molar-refractivity contribution in [3.05, 3.63) is 34.3 Å². The number of nitrogens with one attached hydrogen (secondary N) is 1. The molecule has 5 heteroatoms. The molecule has 0 spiro atoms. The number of hydrogen-bond donors (Lipinski definition) is 3. The quantitative estimate of drug-likeness (QED) is 0.792. The van der Waals surface area contributed by atoms with Crippen LogP contribution in [0.2, 0.25) is 0 Å². The minimum Gasteiger partial charge on any atom is -0.394 e. The van der Waals surface area contributed by atoms with E-state index in [0.717, 1.165) is 15.8 Å². The van der Waals surface area contributed by atoms with Gasteiger partial charge in [0.15, 0.2) is 0 Å². The van der Waals surface area contributed by atoms with Crippen molar-refractivity contribution in [2.24, 2.45) is 0 Å². The molecule has 0 aliphatic carbocycles. The molecule has 1 aromatic carbocycles. The van der Waals surface area contributed by atoms with E-state index in [9.17, 15) is 10.2 Å². The van der Waals surface area contributed by atoms with Gasteiger partial charge in [0, 0.05) is 10.2 Å². The summed E-state index contributed by atoms with van der Waals surface area (Å²) in [5, 5.41) is 22.0. The molecule has 3 nitrogen and oxygen atoms in total. The van der Waals surface area contributed by atoms with Crippen LogP contribution in [-0.2, 0) is 0 Å². The fourth-order valence-electron chi connectivity index (χ4n) is 1.65. The minimum absolute atomic E-state index is 0.0382. The number of benzene rings is 1. The molecule has 1 atom stereocenters. The molecule has 0 unspecified atom stereocenters. The summed E-state index contributed by atoms with van der Waals surface area (Å²) in [4.78, 5) is 0. The van der Waals surface area contributed by atoms with Crippen molar-refractivity contribution in [2.45, 2.75) is 10.9 Å². The lowest BCUT2D eigenvalue weighted by molar-refractivity contribution is 0.112. The Bertz CT molecular complexity index is 354. The number of aliphatic hydroxyl groups excluding tert-OH is 2. The Morgan fingerprint density at radius 2 is 1.94 bits per heavy atom. The Kier molecular flexibility index (Phi) is 3.92. The van der Waals surface area contributed by atoms with Gasteiger partial charge in [0.1, 0.15) is 0 Å². The Labute approximate surface area is 107 Å². The second-order valence-electron chi connectivity index (χ2n) is 3.98. The van der Waals surface area contributed by atoms with Crippen LogP contribution in [0.25, 0.3) is 0 Å². The Morgan fingerprint density at radius 1 is 1.31 bits per heavy atom. The molecule has 0 bridgehead atoms. The van der Waals surface area contributed by atoms with Crippen molar-refractivity contribution >= 4 is 27.7 Å². The Morgan fingerprint density at radius 3 is 2.44 bits per heavy atom. The van der Waals surface area contributed by atoms with Gasteiger partial charge in [-0.1, -0.05) is 28.1 Å². The summed E-state index contributed by atoms with van der Waals surface area (Å²) in [6.07, 6.45) is 0. The predicted octanol–water partition coefficient (Wildman–Crippen LogP) is 1.51. The number of rotatable bonds is 3. The lowest BCUT2D eigenvalue weighted by atomic mass is 10.0. The van der Waals surface area contributed by atoms with Gasteiger partial charge in [-0.2, -0.15) is 0 Å². The molecular weight excluding hydrogens is 290 g/mol. The molecule has 1 saturated heterocycles. The predicted molar refractivity (Wildman–Crippen MR) is 69.4 cm³/mol. The van der Waals surface area contributed by atoms with Crippen molar-refractivity contribution in [3.8, 4) is 0 Å². The first-order valence-electron chi connectivity index (χ1n) is 5.06. The molecule has 2 rings (SSSR count). The smallest absolute Gasteiger partial charge is 0.0795 e. The van der Waals surface area contributed by atoms with E-state index in [0.29, 0.717) is 0 Å². The topological polar surface area (TPSA) is 52.5 Å². The summed E-state index contributed by atoms with van der Waals surface area (Å²) in [5.74, 6) is 0.723. The molecular formula is C11H14BrNO2S. The van der Waals surface area contributed by atoms with Crippen molar-refractivity contribution in [3.63, 3.8) is 0 Å². The highest BCUT2D eigenvalue weighted by Crippen LogP contribution is 2.37. The van der Waals surface area contributed by atoms with Gasteiger partial charge in [-0.3, -0.25) is 5.32 Å². The fourth-order valence-corrected chi connectivity index (χ4v) is 3.35. The lowest BCUT2D eigenvalue weighted by Crippen LogP contribution is -2.49. The molecule has 0 saturated carbocycles. The molecule has 1 heterocycles. The molecule has 1 aromatic rings. The van der Waals surface area contributed by atoms with Gasteiger partial charge in [-0.25, -0.2) is 0 Å². The molecule has 1 aliphatic heterocycles. The molecule has 0 aromatic heterocycles. The third kappa shape index (κ3) is 2.43. The maximum absolute atomic E-state index is 9.28. The Balaban J connectivity index is 2.11. The summed E-state index contributed by atoms with van der Waals surface area (Å²) in [5.41, 5.74) is 0.625. The maximum atomic E-state index is 9.28. The molecule has 1 aliphatic rings. The van der Waals surface area contributed by atoms with Gasteiger partial charge in [0.25, 0.3) is 0 Å². The van der Waals surface area contributed by atoms with Crippen molar-refractivity contribution in [1.82, 2.24) is 5.32 Å². The third-order valence-corrected chi connectivity index (χ3v) is 4.71. The summed E-state index contributed by atoms with van der Waals surface area (Å²) >= 11 is 5.11. The van der Waals surface area contributed by atoms with Gasteiger partial charge >= 0.3 is 0 Å². The van der Waals surface area contributed by atoms with E-state index in [4.69, 9.17) is 0 Å². The van der Waals surface area contributed by atoms with E-state index >= 15 is 0 Å². The van der Waals surface area contributed by atoms with Gasteiger partial charge in [-0.05, 0) is 17.7 Å². The largest absolute Gasteiger partial charge is 0.394 e. The number of hydrogen-bond acceptors (Lipinski definition) is 4. The van der Waals surface area contributed by atoms with Crippen LogP contribution in [-0.4, -0.2) is 34.7 Å².